The van der Waals surface area contributed by atoms with Crippen molar-refractivity contribution >= 4 is 49.4 Å². The third-order valence-electron chi connectivity index (χ3n) is 1.66. The van der Waals surface area contributed by atoms with Crippen molar-refractivity contribution in [2.45, 2.75) is 0 Å². The van der Waals surface area contributed by atoms with Gasteiger partial charge < -0.3 is 11.1 Å². The van der Waals surface area contributed by atoms with Crippen LogP contribution in [0.3, 0.4) is 0 Å². The van der Waals surface area contributed by atoms with Crippen LogP contribution in [-0.2, 0) is 0 Å². The lowest BCUT2D eigenvalue weighted by Crippen LogP contribution is -2.15. The lowest BCUT2D eigenvalue weighted by molar-refractivity contribution is 0.101. The smallest absolute Gasteiger partial charge is 0.283 e. The van der Waals surface area contributed by atoms with Gasteiger partial charge >= 0.3 is 0 Å². The molecule has 0 aromatic carbocycles. The van der Waals surface area contributed by atoms with Gasteiger partial charge in [-0.25, -0.2) is 14.6 Å². The molecule has 1 amide bonds. The molecule has 0 bridgehead atoms. The van der Waals surface area contributed by atoms with Crippen LogP contribution in [0.1, 0.15) is 10.5 Å². The summed E-state index contributed by atoms with van der Waals surface area (Å²) in [5.74, 6) is -0.439. The average molecular weight is 364 g/mol. The van der Waals surface area contributed by atoms with Crippen molar-refractivity contribution in [3.8, 4) is 0 Å². The Kier molecular flexibility index (Phi) is 3.33. The first-order valence-electron chi connectivity index (χ1n) is 4.15. The first kappa shape index (κ1) is 11.9. The first-order valence-corrected chi connectivity index (χ1v) is 5.74. The molecule has 0 saturated heterocycles. The Bertz CT molecular complexity index is 571. The normalized spacial score (nSPS) is 10.2. The molecular weight excluding hydrogens is 360 g/mol. The van der Waals surface area contributed by atoms with Crippen LogP contribution in [0.25, 0.3) is 0 Å². The Morgan fingerprint density at radius 3 is 2.76 bits per heavy atom. The Labute approximate surface area is 111 Å². The quantitative estimate of drug-likeness (QED) is 0.822. The Morgan fingerprint density at radius 1 is 1.41 bits per heavy atom. The lowest BCUT2D eigenvalue weighted by atomic mass is 10.4. The van der Waals surface area contributed by atoms with Crippen molar-refractivity contribution in [3.05, 3.63) is 21.1 Å². The van der Waals surface area contributed by atoms with Crippen molar-refractivity contribution < 1.29 is 9.42 Å². The summed E-state index contributed by atoms with van der Waals surface area (Å²) in [4.78, 5) is 19.6. The van der Waals surface area contributed by atoms with Crippen molar-refractivity contribution in [2.75, 3.05) is 11.1 Å². The van der Waals surface area contributed by atoms with Gasteiger partial charge in [-0.05, 0) is 42.2 Å². The molecule has 0 fully saturated rings. The number of amides is 1. The number of nitrogens with two attached hydrogens (primary N) is 1. The molecule has 17 heavy (non-hydrogen) atoms. The fourth-order valence-electron chi connectivity index (χ4n) is 0.950. The van der Waals surface area contributed by atoms with Crippen molar-refractivity contribution in [3.63, 3.8) is 0 Å². The molecule has 10 heteroatoms. The molecule has 2 aromatic rings. The lowest BCUT2D eigenvalue weighted by Gasteiger charge is -2.03. The molecule has 2 heterocycles. The number of nitrogens with zero attached hydrogens (tertiary/aromatic N) is 4. The van der Waals surface area contributed by atoms with E-state index >= 15 is 0 Å². The molecule has 0 aliphatic rings. The van der Waals surface area contributed by atoms with E-state index in [-0.39, 0.29) is 17.3 Å². The fourth-order valence-corrected chi connectivity index (χ4v) is 1.86. The molecule has 0 saturated carbocycles. The van der Waals surface area contributed by atoms with Gasteiger partial charge in [0, 0.05) is 0 Å². The summed E-state index contributed by atoms with van der Waals surface area (Å²) < 4.78 is 5.22. The maximum absolute atomic E-state index is 11.7. The maximum atomic E-state index is 11.7. The number of anilines is 2. The largest absolute Gasteiger partial charge is 0.379 e. The summed E-state index contributed by atoms with van der Waals surface area (Å²) in [5, 5.41) is 9.11. The number of carbonyl (C=O) groups is 1. The van der Waals surface area contributed by atoms with Gasteiger partial charge in [0.25, 0.3) is 5.91 Å². The molecule has 0 radical (unpaired) electrons. The van der Waals surface area contributed by atoms with Gasteiger partial charge in [0.05, 0.1) is 6.20 Å². The molecule has 0 aliphatic heterocycles. The van der Waals surface area contributed by atoms with Gasteiger partial charge in [-0.1, -0.05) is 0 Å². The van der Waals surface area contributed by atoms with E-state index in [1.54, 1.807) is 0 Å². The van der Waals surface area contributed by atoms with Crippen LogP contribution >= 0.6 is 31.9 Å². The standard InChI is InChI=1S/C7H4Br2N6O2/c8-2-1-11-6(4(9)12-2)13-7(16)3-5(10)15-17-14-3/h1H,(H2,10,15)(H,11,13,16). The van der Waals surface area contributed by atoms with E-state index in [1.807, 2.05) is 0 Å². The molecule has 2 aromatic heterocycles. The molecule has 3 N–H and O–H groups in total. The molecule has 0 atom stereocenters. The highest BCUT2D eigenvalue weighted by Crippen LogP contribution is 2.20. The van der Waals surface area contributed by atoms with E-state index in [1.165, 1.54) is 6.20 Å². The minimum atomic E-state index is -0.582. The minimum absolute atomic E-state index is 0.0938. The summed E-state index contributed by atoms with van der Waals surface area (Å²) >= 11 is 6.29. The fraction of sp³-hybridized carbons (Fsp3) is 0. The van der Waals surface area contributed by atoms with Crippen LogP contribution in [0.2, 0.25) is 0 Å². The number of halogens is 2. The van der Waals surface area contributed by atoms with Crippen LogP contribution in [0, 0.1) is 0 Å². The number of aromatic nitrogens is 4. The zero-order valence-electron chi connectivity index (χ0n) is 8.02. The van der Waals surface area contributed by atoms with E-state index in [4.69, 9.17) is 5.73 Å². The van der Waals surface area contributed by atoms with E-state index in [9.17, 15) is 4.79 Å². The second kappa shape index (κ2) is 4.75. The van der Waals surface area contributed by atoms with E-state index in [0.29, 0.717) is 9.21 Å². The molecule has 88 valence electrons. The van der Waals surface area contributed by atoms with E-state index < -0.39 is 5.91 Å². The maximum Gasteiger partial charge on any atom is 0.283 e. The van der Waals surface area contributed by atoms with Gasteiger partial charge in [0.15, 0.2) is 5.82 Å². The Morgan fingerprint density at radius 2 is 2.18 bits per heavy atom. The van der Waals surface area contributed by atoms with Crippen LogP contribution in [0.4, 0.5) is 11.6 Å². The zero-order chi connectivity index (χ0) is 12.4. The predicted octanol–water partition coefficient (Wildman–Crippen LogP) is 1.22. The third kappa shape index (κ3) is 2.58. The summed E-state index contributed by atoms with van der Waals surface area (Å²) in [6.07, 6.45) is 1.44. The summed E-state index contributed by atoms with van der Waals surface area (Å²) in [7, 11) is 0. The van der Waals surface area contributed by atoms with E-state index in [2.05, 4.69) is 62.1 Å². The highest BCUT2D eigenvalue weighted by Gasteiger charge is 2.17. The number of hydrogen-bond acceptors (Lipinski definition) is 7. The topological polar surface area (TPSA) is 120 Å². The number of nitrogens with one attached hydrogen (secondary N) is 1. The number of carbonyl (C=O) groups excluding carboxylic acids is 1. The summed E-state index contributed by atoms with van der Waals surface area (Å²) in [5.41, 5.74) is 5.26. The molecule has 0 unspecified atom stereocenters. The molecular formula is C7H4Br2N6O2. The second-order valence-electron chi connectivity index (χ2n) is 2.78. The van der Waals surface area contributed by atoms with Crippen LogP contribution in [0.5, 0.6) is 0 Å². The average Bonchev–Trinajstić information content (AvgIpc) is 2.68. The Balaban J connectivity index is 2.22. The van der Waals surface area contributed by atoms with Crippen molar-refractivity contribution in [1.29, 1.82) is 0 Å². The predicted molar refractivity (Wildman–Crippen MR) is 64.1 cm³/mol. The number of rotatable bonds is 2. The third-order valence-corrected chi connectivity index (χ3v) is 2.60. The zero-order valence-corrected chi connectivity index (χ0v) is 11.2. The SMILES string of the molecule is Nc1nonc1C(=O)Nc1ncc(Br)nc1Br. The van der Waals surface area contributed by atoms with Crippen LogP contribution < -0.4 is 11.1 Å². The minimum Gasteiger partial charge on any atom is -0.379 e. The van der Waals surface area contributed by atoms with Gasteiger partial charge in [-0.15, -0.1) is 0 Å². The van der Waals surface area contributed by atoms with Gasteiger partial charge in [-0.2, -0.15) is 0 Å². The van der Waals surface area contributed by atoms with Gasteiger partial charge in [-0.3, -0.25) is 4.79 Å². The highest BCUT2D eigenvalue weighted by molar-refractivity contribution is 9.11. The highest BCUT2D eigenvalue weighted by atomic mass is 79.9. The van der Waals surface area contributed by atoms with Crippen molar-refractivity contribution in [1.82, 2.24) is 20.3 Å². The summed E-state index contributed by atoms with van der Waals surface area (Å²) in [6.45, 7) is 0. The first-order chi connectivity index (χ1) is 8.08. The van der Waals surface area contributed by atoms with Crippen LogP contribution in [0.15, 0.2) is 20.0 Å². The van der Waals surface area contributed by atoms with Gasteiger partial charge in [0.1, 0.15) is 9.21 Å². The number of nitrogen functional groups attached to an aromatic ring is 1. The van der Waals surface area contributed by atoms with E-state index in [0.717, 1.165) is 0 Å². The molecule has 2 rings (SSSR count). The van der Waals surface area contributed by atoms with Crippen LogP contribution in [-0.4, -0.2) is 26.2 Å². The molecule has 8 nitrogen and oxygen atoms in total. The molecule has 0 aliphatic carbocycles. The van der Waals surface area contributed by atoms with Gasteiger partial charge in [0.2, 0.25) is 11.5 Å². The monoisotopic (exact) mass is 362 g/mol. The van der Waals surface area contributed by atoms with Crippen molar-refractivity contribution in [2.24, 2.45) is 0 Å². The Hall–Kier alpha value is -1.55. The second-order valence-corrected chi connectivity index (χ2v) is 4.35. The summed E-state index contributed by atoms with van der Waals surface area (Å²) in [6, 6.07) is 0. The molecule has 0 spiro atoms. The number of hydrogen-bond donors (Lipinski definition) is 2.